The van der Waals surface area contributed by atoms with E-state index in [4.69, 9.17) is 4.74 Å². The van der Waals surface area contributed by atoms with Crippen molar-refractivity contribution in [1.82, 2.24) is 0 Å². The first kappa shape index (κ1) is 21.7. The van der Waals surface area contributed by atoms with Gasteiger partial charge < -0.3 is 9.84 Å². The summed E-state index contributed by atoms with van der Waals surface area (Å²) in [6, 6.07) is 10.6. The van der Waals surface area contributed by atoms with Crippen LogP contribution in [0.4, 0.5) is 17.6 Å². The molecule has 31 heavy (non-hydrogen) atoms. The first-order valence-electron chi connectivity index (χ1n) is 10.5. The molecule has 0 spiro atoms. The van der Waals surface area contributed by atoms with Gasteiger partial charge in [0, 0.05) is 5.92 Å². The number of hydrogen-bond acceptors (Lipinski definition) is 2. The number of hydrogen-bond donors (Lipinski definition) is 1. The van der Waals surface area contributed by atoms with Crippen LogP contribution in [0.25, 0.3) is 0 Å². The van der Waals surface area contributed by atoms with E-state index in [0.717, 1.165) is 30.5 Å². The van der Waals surface area contributed by atoms with Gasteiger partial charge in [-0.25, -0.2) is 4.39 Å². The molecule has 0 aromatic heterocycles. The molecule has 2 aromatic carbocycles. The molecule has 7 heteroatoms. The van der Waals surface area contributed by atoms with Gasteiger partial charge in [-0.3, -0.25) is 4.79 Å². The second-order valence-corrected chi connectivity index (χ2v) is 8.71. The molecule has 4 atom stereocenters. The first-order valence-corrected chi connectivity index (χ1v) is 10.5. The minimum Gasteiger partial charge on any atom is -0.493 e. The third-order valence-electron chi connectivity index (χ3n) is 6.41. The number of carbonyl (C=O) groups is 1. The fourth-order valence-corrected chi connectivity index (χ4v) is 4.42. The summed E-state index contributed by atoms with van der Waals surface area (Å²) in [7, 11) is 0. The van der Waals surface area contributed by atoms with Crippen molar-refractivity contribution in [3.05, 3.63) is 65.0 Å². The fraction of sp³-hybridized carbons (Fsp3) is 0.458. The summed E-state index contributed by atoms with van der Waals surface area (Å²) in [6.07, 6.45) is -1.99. The molecule has 1 N–H and O–H groups in total. The monoisotopic (exact) mass is 436 g/mol. The van der Waals surface area contributed by atoms with Crippen molar-refractivity contribution in [2.75, 3.05) is 6.61 Å². The Balaban J connectivity index is 1.40. The van der Waals surface area contributed by atoms with Crippen LogP contribution in [-0.4, -0.2) is 17.7 Å². The van der Waals surface area contributed by atoms with E-state index in [9.17, 15) is 27.5 Å². The number of rotatable bonds is 8. The molecule has 166 valence electrons. The van der Waals surface area contributed by atoms with E-state index in [1.807, 2.05) is 18.2 Å². The molecule has 2 saturated carbocycles. The van der Waals surface area contributed by atoms with Gasteiger partial charge in [-0.15, -0.1) is 0 Å². The number of carboxylic acids is 1. The van der Waals surface area contributed by atoms with Crippen molar-refractivity contribution in [2.24, 2.45) is 17.8 Å². The van der Waals surface area contributed by atoms with Crippen molar-refractivity contribution in [3.8, 4) is 5.75 Å². The lowest BCUT2D eigenvalue weighted by atomic mass is 9.83. The first-order chi connectivity index (χ1) is 14.6. The van der Waals surface area contributed by atoms with Crippen LogP contribution in [0.5, 0.6) is 5.75 Å². The maximum atomic E-state index is 13.5. The van der Waals surface area contributed by atoms with E-state index in [-0.39, 0.29) is 17.8 Å². The molecule has 3 nitrogen and oxygen atoms in total. The Hall–Kier alpha value is -2.57. The zero-order valence-corrected chi connectivity index (χ0v) is 17.0. The van der Waals surface area contributed by atoms with Crippen molar-refractivity contribution in [3.63, 3.8) is 0 Å². The molecule has 0 heterocycles. The van der Waals surface area contributed by atoms with Gasteiger partial charge in [-0.2, -0.15) is 13.2 Å². The number of halogens is 4. The Kier molecular flexibility index (Phi) is 5.71. The van der Waals surface area contributed by atoms with E-state index in [1.54, 1.807) is 13.0 Å². The predicted octanol–water partition coefficient (Wildman–Crippen LogP) is 6.24. The van der Waals surface area contributed by atoms with E-state index < -0.39 is 29.4 Å². The van der Waals surface area contributed by atoms with Gasteiger partial charge in [-0.05, 0) is 72.4 Å². The van der Waals surface area contributed by atoms with E-state index in [0.29, 0.717) is 30.3 Å². The molecule has 0 bridgehead atoms. The van der Waals surface area contributed by atoms with Crippen LogP contribution in [0.3, 0.4) is 0 Å². The number of carboxylic acid groups (broad SMARTS) is 1. The number of ether oxygens (including phenoxy) is 1. The van der Waals surface area contributed by atoms with Crippen molar-refractivity contribution < 1.29 is 32.2 Å². The number of alkyl halides is 3. The topological polar surface area (TPSA) is 46.5 Å². The highest BCUT2D eigenvalue weighted by atomic mass is 19.4. The maximum Gasteiger partial charge on any atom is 0.419 e. The van der Waals surface area contributed by atoms with Crippen LogP contribution in [-0.2, 0) is 11.0 Å². The third kappa shape index (κ3) is 4.86. The molecule has 2 fully saturated rings. The van der Waals surface area contributed by atoms with Gasteiger partial charge in [-0.1, -0.05) is 25.1 Å². The quantitative estimate of drug-likeness (QED) is 0.498. The zero-order valence-electron chi connectivity index (χ0n) is 17.0. The summed E-state index contributed by atoms with van der Waals surface area (Å²) in [5.41, 5.74) is 0.179. The van der Waals surface area contributed by atoms with Crippen molar-refractivity contribution in [2.45, 2.75) is 44.2 Å². The van der Waals surface area contributed by atoms with Crippen molar-refractivity contribution in [1.29, 1.82) is 0 Å². The zero-order chi connectivity index (χ0) is 22.3. The third-order valence-corrected chi connectivity index (χ3v) is 6.41. The van der Waals surface area contributed by atoms with Crippen LogP contribution >= 0.6 is 0 Å². The summed E-state index contributed by atoms with van der Waals surface area (Å²) in [5.74, 6) is -1.66. The second-order valence-electron chi connectivity index (χ2n) is 8.71. The highest BCUT2D eigenvalue weighted by Gasteiger charge is 2.42. The van der Waals surface area contributed by atoms with Gasteiger partial charge in [0.05, 0.1) is 18.1 Å². The van der Waals surface area contributed by atoms with Gasteiger partial charge in [0.1, 0.15) is 11.6 Å². The van der Waals surface area contributed by atoms with E-state index >= 15 is 0 Å². The van der Waals surface area contributed by atoms with Gasteiger partial charge in [0.2, 0.25) is 0 Å². The van der Waals surface area contributed by atoms with Gasteiger partial charge >= 0.3 is 12.1 Å². The molecule has 1 unspecified atom stereocenters. The van der Waals surface area contributed by atoms with Crippen LogP contribution in [0.1, 0.15) is 54.7 Å². The number of aliphatic carboxylic acids is 1. The van der Waals surface area contributed by atoms with Crippen LogP contribution in [0, 0.1) is 23.6 Å². The summed E-state index contributed by atoms with van der Waals surface area (Å²) in [6.45, 7) is 2.07. The lowest BCUT2D eigenvalue weighted by Crippen LogP contribution is -2.20. The van der Waals surface area contributed by atoms with Crippen molar-refractivity contribution >= 4 is 5.97 Å². The predicted molar refractivity (Wildman–Crippen MR) is 106 cm³/mol. The van der Waals surface area contributed by atoms with Crippen LogP contribution in [0.15, 0.2) is 42.5 Å². The molecular formula is C24H24F4O3. The van der Waals surface area contributed by atoms with Gasteiger partial charge in [0.25, 0.3) is 0 Å². The summed E-state index contributed by atoms with van der Waals surface area (Å²) >= 11 is 0. The fourth-order valence-electron chi connectivity index (χ4n) is 4.42. The lowest BCUT2D eigenvalue weighted by Gasteiger charge is -2.21. The van der Waals surface area contributed by atoms with E-state index in [1.165, 1.54) is 6.07 Å². The SMILES string of the molecule is C[C@H](C(=O)O)C(c1cccc(OC[C@H]2C[C@@H]2c2ccc(F)c(C(F)(F)F)c2)c1)C1CC1. The molecular weight excluding hydrogens is 412 g/mol. The highest BCUT2D eigenvalue weighted by Crippen LogP contribution is 2.49. The Morgan fingerprint density at radius 1 is 1.19 bits per heavy atom. The standard InChI is InChI=1S/C24H24F4O3/c1-13(23(29)30)22(14-5-6-14)16-3-2-4-18(9-16)31-12-17-10-19(17)15-7-8-21(25)20(11-15)24(26,27)28/h2-4,7-9,11,13-14,17,19,22H,5-6,10,12H2,1H3,(H,29,30)/t13-,17+,19+,22?/m0/s1. The maximum absolute atomic E-state index is 13.5. The Bertz CT molecular complexity index is 968. The summed E-state index contributed by atoms with van der Waals surface area (Å²) < 4.78 is 58.2. The minimum atomic E-state index is -4.72. The molecule has 0 aliphatic heterocycles. The average molecular weight is 436 g/mol. The second kappa shape index (κ2) is 8.17. The van der Waals surface area contributed by atoms with E-state index in [2.05, 4.69) is 0 Å². The smallest absolute Gasteiger partial charge is 0.419 e. The Labute approximate surface area is 178 Å². The molecule has 2 aliphatic carbocycles. The lowest BCUT2D eigenvalue weighted by molar-refractivity contribution is -0.142. The van der Waals surface area contributed by atoms with Crippen LogP contribution < -0.4 is 4.74 Å². The number of benzene rings is 2. The molecule has 2 aromatic rings. The normalized spacial score (nSPS) is 22.6. The molecule has 2 aliphatic rings. The summed E-state index contributed by atoms with van der Waals surface area (Å²) in [5, 5.41) is 9.44. The minimum absolute atomic E-state index is 0.0604. The molecule has 0 amide bonds. The summed E-state index contributed by atoms with van der Waals surface area (Å²) in [4.78, 5) is 11.5. The molecule has 4 rings (SSSR count). The largest absolute Gasteiger partial charge is 0.493 e. The Morgan fingerprint density at radius 2 is 1.94 bits per heavy atom. The molecule has 0 radical (unpaired) electrons. The average Bonchev–Trinajstić information content (AvgIpc) is 3.62. The molecule has 0 saturated heterocycles. The van der Waals surface area contributed by atoms with Crippen LogP contribution in [0.2, 0.25) is 0 Å². The van der Waals surface area contributed by atoms with Gasteiger partial charge in [0.15, 0.2) is 0 Å². The Morgan fingerprint density at radius 3 is 2.58 bits per heavy atom. The highest BCUT2D eigenvalue weighted by molar-refractivity contribution is 5.71.